The summed E-state index contributed by atoms with van der Waals surface area (Å²) in [6.07, 6.45) is 3.58. The van der Waals surface area contributed by atoms with Gasteiger partial charge >= 0.3 is 0 Å². The van der Waals surface area contributed by atoms with Gasteiger partial charge in [0.2, 0.25) is 11.7 Å². The molecule has 1 aromatic heterocycles. The molecular formula is C17H23N3O2. The van der Waals surface area contributed by atoms with Crippen molar-refractivity contribution in [3.05, 3.63) is 36.2 Å². The second-order valence-electron chi connectivity index (χ2n) is 5.96. The third-order valence-corrected chi connectivity index (χ3v) is 4.17. The summed E-state index contributed by atoms with van der Waals surface area (Å²) in [5.41, 5.74) is 0.988. The molecule has 2 heterocycles. The van der Waals surface area contributed by atoms with Crippen LogP contribution in [0.1, 0.15) is 25.2 Å². The maximum atomic E-state index is 5.40. The first-order chi connectivity index (χ1) is 10.8. The Bertz CT molecular complexity index is 564. The first-order valence-electron chi connectivity index (χ1n) is 7.95. The van der Waals surface area contributed by atoms with Crippen LogP contribution in [-0.4, -0.2) is 41.8 Å². The van der Waals surface area contributed by atoms with Gasteiger partial charge in [-0.25, -0.2) is 0 Å². The summed E-state index contributed by atoms with van der Waals surface area (Å²) in [5, 5.41) is 4.06. The molecule has 22 heavy (non-hydrogen) atoms. The van der Waals surface area contributed by atoms with Crippen LogP contribution in [0.5, 0.6) is 0 Å². The molecule has 118 valence electrons. The Morgan fingerprint density at radius 1 is 1.18 bits per heavy atom. The summed E-state index contributed by atoms with van der Waals surface area (Å²) < 4.78 is 10.8. The zero-order valence-corrected chi connectivity index (χ0v) is 13.1. The fourth-order valence-corrected chi connectivity index (χ4v) is 2.77. The molecule has 0 bridgehead atoms. The van der Waals surface area contributed by atoms with Crippen molar-refractivity contribution in [3.63, 3.8) is 0 Å². The van der Waals surface area contributed by atoms with Crippen LogP contribution in [0.15, 0.2) is 34.9 Å². The van der Waals surface area contributed by atoms with Crippen LogP contribution in [-0.2, 0) is 11.3 Å². The smallest absolute Gasteiger partial charge is 0.241 e. The molecule has 0 N–H and O–H groups in total. The van der Waals surface area contributed by atoms with Crippen molar-refractivity contribution in [3.8, 4) is 11.4 Å². The van der Waals surface area contributed by atoms with Crippen LogP contribution in [0.3, 0.4) is 0 Å². The number of aromatic nitrogens is 2. The van der Waals surface area contributed by atoms with Crippen molar-refractivity contribution in [2.24, 2.45) is 5.92 Å². The summed E-state index contributed by atoms with van der Waals surface area (Å²) in [6.45, 7) is 3.58. The predicted octanol–water partition coefficient (Wildman–Crippen LogP) is 2.99. The molecule has 5 heteroatoms. The molecule has 1 aliphatic heterocycles. The fraction of sp³-hybridized carbons (Fsp3) is 0.529. The maximum Gasteiger partial charge on any atom is 0.241 e. The Morgan fingerprint density at radius 3 is 2.73 bits per heavy atom. The van der Waals surface area contributed by atoms with E-state index in [1.165, 1.54) is 19.3 Å². The van der Waals surface area contributed by atoms with Crippen molar-refractivity contribution in [1.82, 2.24) is 15.0 Å². The monoisotopic (exact) mass is 301 g/mol. The van der Waals surface area contributed by atoms with E-state index >= 15 is 0 Å². The lowest BCUT2D eigenvalue weighted by molar-refractivity contribution is 0.0604. The Hall–Kier alpha value is -1.72. The molecule has 3 rings (SSSR count). The molecule has 1 aliphatic rings. The van der Waals surface area contributed by atoms with Crippen molar-refractivity contribution in [2.75, 3.05) is 26.8 Å². The summed E-state index contributed by atoms with van der Waals surface area (Å²) in [7, 11) is 2.10. The summed E-state index contributed by atoms with van der Waals surface area (Å²) >= 11 is 0. The van der Waals surface area contributed by atoms with Crippen molar-refractivity contribution >= 4 is 0 Å². The molecule has 0 aliphatic carbocycles. The van der Waals surface area contributed by atoms with Crippen LogP contribution in [0, 0.1) is 5.92 Å². The van der Waals surface area contributed by atoms with E-state index in [1.807, 2.05) is 30.3 Å². The highest BCUT2D eigenvalue weighted by molar-refractivity contribution is 5.53. The van der Waals surface area contributed by atoms with Gasteiger partial charge in [-0.05, 0) is 38.8 Å². The van der Waals surface area contributed by atoms with E-state index in [9.17, 15) is 0 Å². The zero-order chi connectivity index (χ0) is 15.2. The van der Waals surface area contributed by atoms with Gasteiger partial charge in [0.1, 0.15) is 0 Å². The minimum Gasteiger partial charge on any atom is -0.381 e. The largest absolute Gasteiger partial charge is 0.381 e. The lowest BCUT2D eigenvalue weighted by Crippen LogP contribution is -2.24. The molecule has 1 aromatic carbocycles. The first-order valence-corrected chi connectivity index (χ1v) is 7.95. The van der Waals surface area contributed by atoms with E-state index in [1.54, 1.807) is 0 Å². The van der Waals surface area contributed by atoms with Crippen molar-refractivity contribution < 1.29 is 9.26 Å². The highest BCUT2D eigenvalue weighted by atomic mass is 16.5. The zero-order valence-electron chi connectivity index (χ0n) is 13.1. The Kier molecular flexibility index (Phi) is 5.19. The third kappa shape index (κ3) is 4.15. The van der Waals surface area contributed by atoms with E-state index in [2.05, 4.69) is 22.1 Å². The van der Waals surface area contributed by atoms with Gasteiger partial charge in [-0.3, -0.25) is 4.90 Å². The molecule has 0 radical (unpaired) electrons. The molecular weight excluding hydrogens is 278 g/mol. The Morgan fingerprint density at radius 2 is 1.95 bits per heavy atom. The van der Waals surface area contributed by atoms with E-state index in [0.29, 0.717) is 18.3 Å². The van der Waals surface area contributed by atoms with Crippen LogP contribution < -0.4 is 0 Å². The van der Waals surface area contributed by atoms with Gasteiger partial charge < -0.3 is 9.26 Å². The number of ether oxygens (including phenoxy) is 1. The van der Waals surface area contributed by atoms with Gasteiger partial charge in [0.25, 0.3) is 0 Å². The lowest BCUT2D eigenvalue weighted by atomic mass is 9.96. The summed E-state index contributed by atoms with van der Waals surface area (Å²) in [6, 6.07) is 9.92. The minimum absolute atomic E-state index is 0.661. The fourth-order valence-electron chi connectivity index (χ4n) is 2.77. The number of nitrogens with zero attached hydrogens (tertiary/aromatic N) is 3. The molecule has 1 fully saturated rings. The summed E-state index contributed by atoms with van der Waals surface area (Å²) in [5.74, 6) is 2.13. The third-order valence-electron chi connectivity index (χ3n) is 4.17. The molecule has 5 nitrogen and oxygen atoms in total. The van der Waals surface area contributed by atoms with Crippen LogP contribution in [0.2, 0.25) is 0 Å². The normalized spacial score (nSPS) is 16.3. The second kappa shape index (κ2) is 7.51. The Balaban J connectivity index is 1.49. The second-order valence-corrected chi connectivity index (χ2v) is 5.96. The summed E-state index contributed by atoms with van der Waals surface area (Å²) in [4.78, 5) is 6.72. The molecule has 0 amide bonds. The minimum atomic E-state index is 0.661. The van der Waals surface area contributed by atoms with E-state index in [0.717, 1.165) is 31.2 Å². The average Bonchev–Trinajstić information content (AvgIpc) is 3.03. The quantitative estimate of drug-likeness (QED) is 0.821. The van der Waals surface area contributed by atoms with Crippen LogP contribution >= 0.6 is 0 Å². The van der Waals surface area contributed by atoms with Gasteiger partial charge in [-0.15, -0.1) is 0 Å². The van der Waals surface area contributed by atoms with Gasteiger partial charge in [0, 0.05) is 18.8 Å². The highest BCUT2D eigenvalue weighted by Crippen LogP contribution is 2.19. The van der Waals surface area contributed by atoms with Gasteiger partial charge in [-0.1, -0.05) is 35.5 Å². The standard InChI is InChI=1S/C17H23N3O2/c1-20(10-7-14-8-11-21-12-9-14)13-16-18-17(19-22-16)15-5-3-2-4-6-15/h2-6,14H,7-13H2,1H3. The van der Waals surface area contributed by atoms with Gasteiger partial charge in [-0.2, -0.15) is 4.98 Å². The maximum absolute atomic E-state index is 5.40. The predicted molar refractivity (Wildman–Crippen MR) is 84.2 cm³/mol. The number of hydrogen-bond donors (Lipinski definition) is 0. The molecule has 0 unspecified atom stereocenters. The van der Waals surface area contributed by atoms with Crippen molar-refractivity contribution in [1.29, 1.82) is 0 Å². The number of hydrogen-bond acceptors (Lipinski definition) is 5. The van der Waals surface area contributed by atoms with E-state index in [-0.39, 0.29) is 0 Å². The van der Waals surface area contributed by atoms with Crippen LogP contribution in [0.25, 0.3) is 11.4 Å². The Labute approximate surface area is 131 Å². The molecule has 0 saturated carbocycles. The van der Waals surface area contributed by atoms with Gasteiger partial charge in [0.15, 0.2) is 0 Å². The molecule has 0 atom stereocenters. The number of rotatable bonds is 6. The van der Waals surface area contributed by atoms with Crippen molar-refractivity contribution in [2.45, 2.75) is 25.8 Å². The first kappa shape index (κ1) is 15.2. The van der Waals surface area contributed by atoms with E-state index < -0.39 is 0 Å². The molecule has 1 saturated heterocycles. The molecule has 0 spiro atoms. The SMILES string of the molecule is CN(CCC1CCOCC1)Cc1nc(-c2ccccc2)no1. The van der Waals surface area contributed by atoms with Gasteiger partial charge in [0.05, 0.1) is 6.54 Å². The topological polar surface area (TPSA) is 51.4 Å². The number of benzene rings is 1. The molecule has 2 aromatic rings. The highest BCUT2D eigenvalue weighted by Gasteiger charge is 2.15. The van der Waals surface area contributed by atoms with E-state index in [4.69, 9.17) is 9.26 Å². The lowest BCUT2D eigenvalue weighted by Gasteiger charge is -2.24. The average molecular weight is 301 g/mol. The van der Waals surface area contributed by atoms with Crippen LogP contribution in [0.4, 0.5) is 0 Å².